The molecule has 0 aromatic carbocycles. The summed E-state index contributed by atoms with van der Waals surface area (Å²) in [5.41, 5.74) is 0.334. The summed E-state index contributed by atoms with van der Waals surface area (Å²) in [6.07, 6.45) is 6.98. The second kappa shape index (κ2) is 2.48. The first-order valence-electron chi connectivity index (χ1n) is 4.90. The van der Waals surface area contributed by atoms with Crippen LogP contribution < -0.4 is 0 Å². The molecule has 0 aromatic heterocycles. The van der Waals surface area contributed by atoms with Gasteiger partial charge in [-0.1, -0.05) is 26.2 Å². The lowest BCUT2D eigenvalue weighted by Gasteiger charge is -2.08. The van der Waals surface area contributed by atoms with E-state index in [1.54, 1.807) is 0 Å². The van der Waals surface area contributed by atoms with E-state index < -0.39 is 0 Å². The molecule has 2 aliphatic carbocycles. The van der Waals surface area contributed by atoms with E-state index in [9.17, 15) is 5.11 Å². The molecule has 2 rings (SSSR count). The Morgan fingerprint density at radius 2 is 1.73 bits per heavy atom. The van der Waals surface area contributed by atoms with Gasteiger partial charge >= 0.3 is 0 Å². The Kier molecular flexibility index (Phi) is 1.71. The minimum atomic E-state index is 0.334. The second-order valence-electron chi connectivity index (χ2n) is 4.51. The van der Waals surface area contributed by atoms with Crippen molar-refractivity contribution in [1.82, 2.24) is 0 Å². The standard InChI is InChI=1S/C10H18O/c1-10(7-11)8-5-3-2-4-6-9(8)10/h8-9,11H,2-7H2,1H3/t8-,9+,10?. The van der Waals surface area contributed by atoms with Gasteiger partial charge in [-0.2, -0.15) is 0 Å². The summed E-state index contributed by atoms with van der Waals surface area (Å²) < 4.78 is 0. The lowest BCUT2D eigenvalue weighted by atomic mass is 10.00. The predicted octanol–water partition coefficient (Wildman–Crippen LogP) is 2.20. The molecule has 64 valence electrons. The van der Waals surface area contributed by atoms with Gasteiger partial charge in [-0.05, 0) is 30.1 Å². The normalized spacial score (nSPS) is 49.6. The molecule has 0 aliphatic heterocycles. The molecule has 0 amide bonds. The van der Waals surface area contributed by atoms with E-state index in [0.717, 1.165) is 11.8 Å². The van der Waals surface area contributed by atoms with Crippen LogP contribution in [0.3, 0.4) is 0 Å². The highest BCUT2D eigenvalue weighted by Gasteiger charge is 2.59. The summed E-state index contributed by atoms with van der Waals surface area (Å²) in [6.45, 7) is 2.68. The zero-order chi connectivity index (χ0) is 7.90. The molecule has 0 spiro atoms. The van der Waals surface area contributed by atoms with Gasteiger partial charge < -0.3 is 5.11 Å². The van der Waals surface area contributed by atoms with E-state index in [4.69, 9.17) is 0 Å². The number of aliphatic hydroxyl groups is 1. The third kappa shape index (κ3) is 1.01. The number of fused-ring (bicyclic) bond motifs is 1. The number of rotatable bonds is 1. The largest absolute Gasteiger partial charge is 0.396 e. The van der Waals surface area contributed by atoms with Crippen LogP contribution in [-0.4, -0.2) is 11.7 Å². The summed E-state index contributed by atoms with van der Waals surface area (Å²) in [7, 11) is 0. The molecular formula is C10H18O. The highest BCUT2D eigenvalue weighted by atomic mass is 16.3. The van der Waals surface area contributed by atoms with Gasteiger partial charge in [0.1, 0.15) is 0 Å². The third-order valence-corrected chi connectivity index (χ3v) is 3.94. The van der Waals surface area contributed by atoms with E-state index in [1.165, 1.54) is 32.1 Å². The number of aliphatic hydroxyl groups excluding tert-OH is 1. The van der Waals surface area contributed by atoms with Crippen LogP contribution in [0.25, 0.3) is 0 Å². The van der Waals surface area contributed by atoms with Gasteiger partial charge in [0.05, 0.1) is 0 Å². The first-order valence-corrected chi connectivity index (χ1v) is 4.90. The molecule has 0 bridgehead atoms. The van der Waals surface area contributed by atoms with Crippen molar-refractivity contribution in [2.45, 2.75) is 39.0 Å². The smallest absolute Gasteiger partial charge is 0.0490 e. The minimum Gasteiger partial charge on any atom is -0.396 e. The van der Waals surface area contributed by atoms with Crippen LogP contribution in [-0.2, 0) is 0 Å². The van der Waals surface area contributed by atoms with Gasteiger partial charge in [-0.15, -0.1) is 0 Å². The Morgan fingerprint density at radius 1 is 1.18 bits per heavy atom. The molecule has 1 nitrogen and oxygen atoms in total. The van der Waals surface area contributed by atoms with Gasteiger partial charge in [0.25, 0.3) is 0 Å². The van der Waals surface area contributed by atoms with E-state index >= 15 is 0 Å². The van der Waals surface area contributed by atoms with Crippen LogP contribution in [0.4, 0.5) is 0 Å². The Hall–Kier alpha value is -0.0400. The molecule has 0 saturated heterocycles. The highest BCUT2D eigenvalue weighted by molar-refractivity contribution is 5.07. The maximum absolute atomic E-state index is 9.19. The van der Waals surface area contributed by atoms with Crippen molar-refractivity contribution >= 4 is 0 Å². The predicted molar refractivity (Wildman–Crippen MR) is 45.3 cm³/mol. The van der Waals surface area contributed by atoms with Gasteiger partial charge in [0.15, 0.2) is 0 Å². The zero-order valence-electron chi connectivity index (χ0n) is 7.34. The van der Waals surface area contributed by atoms with Crippen molar-refractivity contribution in [3.63, 3.8) is 0 Å². The molecule has 3 atom stereocenters. The fourth-order valence-corrected chi connectivity index (χ4v) is 2.97. The van der Waals surface area contributed by atoms with Crippen LogP contribution in [0.1, 0.15) is 39.0 Å². The number of hydrogen-bond donors (Lipinski definition) is 1. The van der Waals surface area contributed by atoms with Crippen molar-refractivity contribution in [2.75, 3.05) is 6.61 Å². The van der Waals surface area contributed by atoms with Crippen molar-refractivity contribution < 1.29 is 5.11 Å². The monoisotopic (exact) mass is 154 g/mol. The first kappa shape index (κ1) is 7.60. The summed E-state index contributed by atoms with van der Waals surface area (Å²) in [6, 6.07) is 0. The van der Waals surface area contributed by atoms with Crippen LogP contribution in [0.15, 0.2) is 0 Å². The minimum absolute atomic E-state index is 0.334. The second-order valence-corrected chi connectivity index (χ2v) is 4.51. The van der Waals surface area contributed by atoms with Crippen molar-refractivity contribution in [3.05, 3.63) is 0 Å². The summed E-state index contributed by atoms with van der Waals surface area (Å²) in [5, 5.41) is 9.19. The SMILES string of the molecule is CC1(CO)[C@@H]2CCCCC[C@@H]21. The summed E-state index contributed by atoms with van der Waals surface area (Å²) >= 11 is 0. The van der Waals surface area contributed by atoms with E-state index in [0.29, 0.717) is 12.0 Å². The molecule has 11 heavy (non-hydrogen) atoms. The molecule has 0 aromatic rings. The third-order valence-electron chi connectivity index (χ3n) is 3.94. The maximum atomic E-state index is 9.19. The van der Waals surface area contributed by atoms with Gasteiger partial charge in [-0.25, -0.2) is 0 Å². The van der Waals surface area contributed by atoms with Gasteiger partial charge in [0.2, 0.25) is 0 Å². The fraction of sp³-hybridized carbons (Fsp3) is 1.00. The Balaban J connectivity index is 2.01. The topological polar surface area (TPSA) is 20.2 Å². The van der Waals surface area contributed by atoms with Gasteiger partial charge in [0, 0.05) is 6.61 Å². The number of hydrogen-bond acceptors (Lipinski definition) is 1. The molecule has 1 heteroatoms. The molecule has 0 radical (unpaired) electrons. The molecule has 0 heterocycles. The van der Waals surface area contributed by atoms with Crippen molar-refractivity contribution in [3.8, 4) is 0 Å². The molecule has 2 fully saturated rings. The lowest BCUT2D eigenvalue weighted by Crippen LogP contribution is -2.06. The molecular weight excluding hydrogens is 136 g/mol. The highest BCUT2D eigenvalue weighted by Crippen LogP contribution is 2.63. The molecule has 1 N–H and O–H groups in total. The van der Waals surface area contributed by atoms with Crippen LogP contribution in [0, 0.1) is 17.3 Å². The summed E-state index contributed by atoms with van der Waals surface area (Å²) in [4.78, 5) is 0. The maximum Gasteiger partial charge on any atom is 0.0490 e. The van der Waals surface area contributed by atoms with Crippen LogP contribution in [0.2, 0.25) is 0 Å². The Morgan fingerprint density at radius 3 is 2.18 bits per heavy atom. The average molecular weight is 154 g/mol. The first-order chi connectivity index (χ1) is 5.29. The van der Waals surface area contributed by atoms with Crippen molar-refractivity contribution in [2.24, 2.45) is 17.3 Å². The van der Waals surface area contributed by atoms with Gasteiger partial charge in [-0.3, -0.25) is 0 Å². The molecule has 2 saturated carbocycles. The quantitative estimate of drug-likeness (QED) is 0.614. The molecule has 2 aliphatic rings. The van der Waals surface area contributed by atoms with E-state index in [-0.39, 0.29) is 0 Å². The molecule has 1 unspecified atom stereocenters. The Labute approximate surface area is 68.8 Å². The van der Waals surface area contributed by atoms with Crippen LogP contribution >= 0.6 is 0 Å². The lowest BCUT2D eigenvalue weighted by molar-refractivity contribution is 0.197. The average Bonchev–Trinajstić information content (AvgIpc) is 2.66. The van der Waals surface area contributed by atoms with E-state index in [1.807, 2.05) is 0 Å². The van der Waals surface area contributed by atoms with Crippen LogP contribution in [0.5, 0.6) is 0 Å². The summed E-state index contributed by atoms with van der Waals surface area (Å²) in [5.74, 6) is 1.74. The Bertz CT molecular complexity index is 141. The fourth-order valence-electron chi connectivity index (χ4n) is 2.97. The zero-order valence-corrected chi connectivity index (χ0v) is 7.34. The van der Waals surface area contributed by atoms with E-state index in [2.05, 4.69) is 6.92 Å². The van der Waals surface area contributed by atoms with Crippen molar-refractivity contribution in [1.29, 1.82) is 0 Å².